The van der Waals surface area contributed by atoms with Crippen LogP contribution in [0.25, 0.3) is 0 Å². The predicted molar refractivity (Wildman–Crippen MR) is 53.1 cm³/mol. The fourth-order valence-electron chi connectivity index (χ4n) is 0.892. The molecule has 0 saturated heterocycles. The zero-order valence-electron chi connectivity index (χ0n) is 9.73. The van der Waals surface area contributed by atoms with Gasteiger partial charge in [-0.1, -0.05) is 0 Å². The van der Waals surface area contributed by atoms with Crippen molar-refractivity contribution in [1.82, 2.24) is 0 Å². The van der Waals surface area contributed by atoms with Gasteiger partial charge in [0.2, 0.25) is 0 Å². The molecule has 0 radical (unpaired) electrons. The molecule has 0 aromatic heterocycles. The summed E-state index contributed by atoms with van der Waals surface area (Å²) in [4.78, 5) is 0. The van der Waals surface area contributed by atoms with Gasteiger partial charge in [0.1, 0.15) is 0 Å². The minimum atomic E-state index is -6.78. The van der Waals surface area contributed by atoms with Crippen LogP contribution in [-0.2, 0) is 9.47 Å². The highest BCUT2D eigenvalue weighted by atomic mass is 35.5. The van der Waals surface area contributed by atoms with Crippen molar-refractivity contribution in [1.29, 1.82) is 0 Å². The van der Waals surface area contributed by atoms with Gasteiger partial charge in [0, 0.05) is 7.11 Å². The summed E-state index contributed by atoms with van der Waals surface area (Å²) >= 11 is 11.8. The van der Waals surface area contributed by atoms with Crippen molar-refractivity contribution in [2.24, 2.45) is 0 Å². The zero-order valence-corrected chi connectivity index (χ0v) is 12.0. The third kappa shape index (κ3) is 3.60. The SMILES string of the molecule is COC(F)(C(F)(F)Cl)C(F)(F)C(F)(F)OC(F)(Cl)C(F)(F)Cl. The number of hydrogen-bond acceptors (Lipinski definition) is 2. The standard InChI is InChI=1S/C7H3Cl3F10O2/c1-21-3(13,4(8,14)15)2(11,12)7(19,20)22-6(10,18)5(9,16)17/h1H3. The smallest absolute Gasteiger partial charge is 0.339 e. The van der Waals surface area contributed by atoms with E-state index in [2.05, 4.69) is 44.3 Å². The van der Waals surface area contributed by atoms with E-state index < -0.39 is 34.0 Å². The Hall–Kier alpha value is 0.0900. The topological polar surface area (TPSA) is 18.5 Å². The summed E-state index contributed by atoms with van der Waals surface area (Å²) in [7, 11) is -0.236. The van der Waals surface area contributed by atoms with Gasteiger partial charge in [-0.25, -0.2) is 0 Å². The lowest BCUT2D eigenvalue weighted by Crippen LogP contribution is -2.66. The molecule has 0 aliphatic carbocycles. The molecule has 0 saturated carbocycles. The lowest BCUT2D eigenvalue weighted by atomic mass is 10.1. The van der Waals surface area contributed by atoms with Crippen LogP contribution in [0.2, 0.25) is 0 Å². The quantitative estimate of drug-likeness (QED) is 0.427. The molecule has 2 unspecified atom stereocenters. The Kier molecular flexibility index (Phi) is 5.89. The first-order valence-corrected chi connectivity index (χ1v) is 5.61. The molecule has 0 amide bonds. The van der Waals surface area contributed by atoms with E-state index in [1.165, 1.54) is 0 Å². The molecule has 0 aliphatic heterocycles. The van der Waals surface area contributed by atoms with Crippen molar-refractivity contribution < 1.29 is 53.4 Å². The van der Waals surface area contributed by atoms with E-state index in [9.17, 15) is 43.9 Å². The van der Waals surface area contributed by atoms with E-state index in [0.29, 0.717) is 0 Å². The molecule has 2 nitrogen and oxygen atoms in total. The summed E-state index contributed by atoms with van der Waals surface area (Å²) in [6.07, 6.45) is -6.69. The molecule has 15 heteroatoms. The van der Waals surface area contributed by atoms with Gasteiger partial charge in [-0.2, -0.15) is 43.9 Å². The second-order valence-corrected chi connectivity index (χ2v) is 4.94. The van der Waals surface area contributed by atoms with Crippen molar-refractivity contribution in [3.63, 3.8) is 0 Å². The van der Waals surface area contributed by atoms with Crippen LogP contribution in [0.5, 0.6) is 0 Å². The number of rotatable bonds is 7. The van der Waals surface area contributed by atoms with E-state index in [1.54, 1.807) is 0 Å². The van der Waals surface area contributed by atoms with Gasteiger partial charge < -0.3 is 4.74 Å². The number of ether oxygens (including phenoxy) is 2. The molecular weight excluding hydrogens is 412 g/mol. The zero-order chi connectivity index (χ0) is 18.4. The fraction of sp³-hybridized carbons (Fsp3) is 1.00. The number of hydrogen-bond donors (Lipinski definition) is 0. The Morgan fingerprint density at radius 3 is 1.27 bits per heavy atom. The molecule has 0 heterocycles. The second-order valence-electron chi connectivity index (χ2n) is 3.50. The van der Waals surface area contributed by atoms with Gasteiger partial charge in [0.05, 0.1) is 0 Å². The Morgan fingerprint density at radius 1 is 0.682 bits per heavy atom. The van der Waals surface area contributed by atoms with Gasteiger partial charge in [-0.05, 0) is 34.8 Å². The van der Waals surface area contributed by atoms with E-state index in [1.807, 2.05) is 0 Å². The van der Waals surface area contributed by atoms with Crippen LogP contribution in [0, 0.1) is 0 Å². The van der Waals surface area contributed by atoms with Gasteiger partial charge in [-0.3, -0.25) is 4.74 Å². The van der Waals surface area contributed by atoms with E-state index in [4.69, 9.17) is 0 Å². The lowest BCUT2D eigenvalue weighted by molar-refractivity contribution is -0.463. The summed E-state index contributed by atoms with van der Waals surface area (Å²) in [5.74, 6) is -12.8. The first-order chi connectivity index (χ1) is 9.27. The Balaban J connectivity index is 5.88. The normalized spacial score (nSPS) is 20.5. The summed E-state index contributed by atoms with van der Waals surface area (Å²) in [5.41, 5.74) is 0. The predicted octanol–water partition coefficient (Wildman–Crippen LogP) is 5.07. The molecule has 22 heavy (non-hydrogen) atoms. The van der Waals surface area contributed by atoms with Gasteiger partial charge in [0.15, 0.2) is 0 Å². The first kappa shape index (κ1) is 22.1. The van der Waals surface area contributed by atoms with Crippen LogP contribution in [-0.4, -0.2) is 41.1 Å². The number of alkyl halides is 13. The van der Waals surface area contributed by atoms with Crippen molar-refractivity contribution in [3.05, 3.63) is 0 Å². The Morgan fingerprint density at radius 2 is 1.05 bits per heavy atom. The van der Waals surface area contributed by atoms with E-state index in [-0.39, 0.29) is 7.11 Å². The van der Waals surface area contributed by atoms with E-state index in [0.717, 1.165) is 0 Å². The van der Waals surface area contributed by atoms with Crippen molar-refractivity contribution in [3.8, 4) is 0 Å². The van der Waals surface area contributed by atoms with Crippen LogP contribution < -0.4 is 0 Å². The molecular formula is C7H3Cl3F10O2. The minimum absolute atomic E-state index is 0.236. The molecule has 0 fully saturated rings. The van der Waals surface area contributed by atoms with Crippen molar-refractivity contribution >= 4 is 34.8 Å². The number of halogens is 13. The first-order valence-electron chi connectivity index (χ1n) is 4.48. The van der Waals surface area contributed by atoms with Crippen molar-refractivity contribution in [2.45, 2.75) is 34.0 Å². The van der Waals surface area contributed by atoms with Gasteiger partial charge >= 0.3 is 34.0 Å². The average Bonchev–Trinajstić information content (AvgIpc) is 2.22. The molecule has 0 bridgehead atoms. The second kappa shape index (κ2) is 5.87. The highest BCUT2D eigenvalue weighted by Crippen LogP contribution is 2.56. The summed E-state index contributed by atoms with van der Waals surface area (Å²) in [6.45, 7) is 0. The lowest BCUT2D eigenvalue weighted by Gasteiger charge is -2.39. The molecule has 0 aliphatic rings. The van der Waals surface area contributed by atoms with Crippen LogP contribution in [0.15, 0.2) is 0 Å². The summed E-state index contributed by atoms with van der Waals surface area (Å²) in [6, 6.07) is 0. The fourth-order valence-corrected chi connectivity index (χ4v) is 1.22. The van der Waals surface area contributed by atoms with E-state index >= 15 is 0 Å². The minimum Gasteiger partial charge on any atom is -0.339 e. The average molecular weight is 415 g/mol. The molecule has 0 aromatic carbocycles. The highest BCUT2D eigenvalue weighted by Gasteiger charge is 2.83. The van der Waals surface area contributed by atoms with Crippen LogP contribution >= 0.6 is 34.8 Å². The summed E-state index contributed by atoms with van der Waals surface area (Å²) < 4.78 is 134. The maximum Gasteiger partial charge on any atom is 0.429 e. The molecule has 134 valence electrons. The Bertz CT molecular complexity index is 406. The maximum absolute atomic E-state index is 13.4. The third-order valence-electron chi connectivity index (χ3n) is 2.00. The van der Waals surface area contributed by atoms with Crippen molar-refractivity contribution in [2.75, 3.05) is 7.11 Å². The molecule has 0 rings (SSSR count). The van der Waals surface area contributed by atoms with Gasteiger partial charge in [-0.15, -0.1) is 0 Å². The molecule has 0 aromatic rings. The third-order valence-corrected chi connectivity index (χ3v) is 2.90. The van der Waals surface area contributed by atoms with Crippen LogP contribution in [0.4, 0.5) is 43.9 Å². The van der Waals surface area contributed by atoms with Gasteiger partial charge in [0.25, 0.3) is 0 Å². The Labute approximate surface area is 130 Å². The molecule has 2 atom stereocenters. The monoisotopic (exact) mass is 414 g/mol. The van der Waals surface area contributed by atoms with Crippen LogP contribution in [0.3, 0.4) is 0 Å². The largest absolute Gasteiger partial charge is 0.429 e. The maximum atomic E-state index is 13.4. The van der Waals surface area contributed by atoms with Crippen LogP contribution in [0.1, 0.15) is 0 Å². The highest BCUT2D eigenvalue weighted by molar-refractivity contribution is 6.31. The summed E-state index contributed by atoms with van der Waals surface area (Å²) in [5, 5.41) is -16.9. The number of methoxy groups -OCH3 is 1. The molecule has 0 spiro atoms. The molecule has 0 N–H and O–H groups in total.